The Morgan fingerprint density at radius 1 is 1.41 bits per heavy atom. The number of aryl methyl sites for hydroxylation is 1. The predicted octanol–water partition coefficient (Wildman–Crippen LogP) is 3.35. The molecule has 1 aromatic rings. The minimum atomic E-state index is 0.763. The molecule has 2 nitrogen and oxygen atoms in total. The van der Waals surface area contributed by atoms with Crippen LogP contribution in [-0.2, 0) is 0 Å². The van der Waals surface area contributed by atoms with Crippen LogP contribution in [0.1, 0.15) is 31.4 Å². The lowest BCUT2D eigenvalue weighted by Gasteiger charge is -2.20. The van der Waals surface area contributed by atoms with E-state index in [0.717, 1.165) is 36.1 Å². The van der Waals surface area contributed by atoms with Gasteiger partial charge in [-0.15, -0.1) is 0 Å². The van der Waals surface area contributed by atoms with E-state index in [1.165, 1.54) is 12.1 Å². The number of nitriles is 1. The Balaban J connectivity index is 2.15. The molecule has 1 aromatic carbocycles. The minimum Gasteiger partial charge on any atom is -0.371 e. The van der Waals surface area contributed by atoms with Crippen molar-refractivity contribution in [3.63, 3.8) is 0 Å². The Labute approximate surface area is 104 Å². The summed E-state index contributed by atoms with van der Waals surface area (Å²) >= 11 is 0. The molecule has 1 atom stereocenters. The van der Waals surface area contributed by atoms with Crippen molar-refractivity contribution in [1.29, 1.82) is 5.26 Å². The number of benzene rings is 1. The SMILES string of the molecule is Cc1cc(N2CCC(C(C)C)C2)ccc1C#N. The van der Waals surface area contributed by atoms with Crippen LogP contribution in [0.4, 0.5) is 5.69 Å². The van der Waals surface area contributed by atoms with Crippen LogP contribution in [0.2, 0.25) is 0 Å². The molecule has 0 aromatic heterocycles. The first kappa shape index (κ1) is 12.0. The number of rotatable bonds is 2. The third-order valence-electron chi connectivity index (χ3n) is 3.86. The molecule has 0 saturated carbocycles. The van der Waals surface area contributed by atoms with Crippen LogP contribution in [0, 0.1) is 30.1 Å². The molecule has 0 N–H and O–H groups in total. The summed E-state index contributed by atoms with van der Waals surface area (Å²) in [6, 6.07) is 8.38. The van der Waals surface area contributed by atoms with Crippen LogP contribution in [0.15, 0.2) is 18.2 Å². The average Bonchev–Trinajstić information content (AvgIpc) is 2.78. The average molecular weight is 228 g/mol. The Morgan fingerprint density at radius 2 is 2.18 bits per heavy atom. The monoisotopic (exact) mass is 228 g/mol. The maximum atomic E-state index is 8.93. The smallest absolute Gasteiger partial charge is 0.0994 e. The van der Waals surface area contributed by atoms with Gasteiger partial charge in [-0.25, -0.2) is 0 Å². The van der Waals surface area contributed by atoms with Crippen LogP contribution in [0.25, 0.3) is 0 Å². The lowest BCUT2D eigenvalue weighted by molar-refractivity contribution is 0.423. The van der Waals surface area contributed by atoms with Crippen molar-refractivity contribution in [1.82, 2.24) is 0 Å². The van der Waals surface area contributed by atoms with Gasteiger partial charge in [0.2, 0.25) is 0 Å². The topological polar surface area (TPSA) is 27.0 Å². The highest BCUT2D eigenvalue weighted by Crippen LogP contribution is 2.29. The molecule has 1 saturated heterocycles. The van der Waals surface area contributed by atoms with Gasteiger partial charge < -0.3 is 4.90 Å². The van der Waals surface area contributed by atoms with Gasteiger partial charge in [-0.1, -0.05) is 13.8 Å². The largest absolute Gasteiger partial charge is 0.371 e. The summed E-state index contributed by atoms with van der Waals surface area (Å²) in [6.45, 7) is 8.92. The second-order valence-corrected chi connectivity index (χ2v) is 5.35. The van der Waals surface area contributed by atoms with Gasteiger partial charge in [-0.05, 0) is 48.9 Å². The highest BCUT2D eigenvalue weighted by Gasteiger charge is 2.25. The van der Waals surface area contributed by atoms with Crippen molar-refractivity contribution in [2.24, 2.45) is 11.8 Å². The van der Waals surface area contributed by atoms with Crippen LogP contribution < -0.4 is 4.90 Å². The second-order valence-electron chi connectivity index (χ2n) is 5.35. The third-order valence-corrected chi connectivity index (χ3v) is 3.86. The van der Waals surface area contributed by atoms with Crippen molar-refractivity contribution in [3.05, 3.63) is 29.3 Å². The van der Waals surface area contributed by atoms with Crippen molar-refractivity contribution in [2.45, 2.75) is 27.2 Å². The summed E-state index contributed by atoms with van der Waals surface area (Å²) in [7, 11) is 0. The van der Waals surface area contributed by atoms with Gasteiger partial charge in [-0.3, -0.25) is 0 Å². The highest BCUT2D eigenvalue weighted by atomic mass is 15.1. The lowest BCUT2D eigenvalue weighted by Crippen LogP contribution is -2.21. The first-order valence-electron chi connectivity index (χ1n) is 6.37. The number of nitrogens with zero attached hydrogens (tertiary/aromatic N) is 2. The molecule has 1 heterocycles. The van der Waals surface area contributed by atoms with Crippen LogP contribution >= 0.6 is 0 Å². The summed E-state index contributed by atoms with van der Waals surface area (Å²) in [4.78, 5) is 2.44. The standard InChI is InChI=1S/C15H20N2/c1-11(2)14-6-7-17(10-14)15-5-4-13(9-16)12(3)8-15/h4-5,8,11,14H,6-7,10H2,1-3H3. The maximum Gasteiger partial charge on any atom is 0.0994 e. The Morgan fingerprint density at radius 3 is 2.71 bits per heavy atom. The van der Waals surface area contributed by atoms with Gasteiger partial charge >= 0.3 is 0 Å². The zero-order chi connectivity index (χ0) is 12.4. The fourth-order valence-corrected chi connectivity index (χ4v) is 2.54. The van der Waals surface area contributed by atoms with E-state index in [4.69, 9.17) is 5.26 Å². The first-order chi connectivity index (χ1) is 8.11. The molecule has 1 aliphatic heterocycles. The van der Waals surface area contributed by atoms with Gasteiger partial charge in [0.1, 0.15) is 0 Å². The third kappa shape index (κ3) is 2.44. The Bertz CT molecular complexity index is 443. The quantitative estimate of drug-likeness (QED) is 0.776. The molecule has 17 heavy (non-hydrogen) atoms. The van der Waals surface area contributed by atoms with Crippen molar-refractivity contribution >= 4 is 5.69 Å². The van der Waals surface area contributed by atoms with E-state index < -0.39 is 0 Å². The Hall–Kier alpha value is -1.49. The molecule has 1 unspecified atom stereocenters. The molecule has 0 aliphatic carbocycles. The van der Waals surface area contributed by atoms with E-state index in [9.17, 15) is 0 Å². The fraction of sp³-hybridized carbons (Fsp3) is 0.533. The van der Waals surface area contributed by atoms with Crippen molar-refractivity contribution < 1.29 is 0 Å². The molecule has 1 fully saturated rings. The minimum absolute atomic E-state index is 0.763. The molecule has 1 aliphatic rings. The summed E-state index contributed by atoms with van der Waals surface area (Å²) in [5.74, 6) is 1.57. The second kappa shape index (κ2) is 4.79. The molecule has 0 spiro atoms. The van der Waals surface area contributed by atoms with Gasteiger partial charge in [0.25, 0.3) is 0 Å². The van der Waals surface area contributed by atoms with Gasteiger partial charge in [-0.2, -0.15) is 5.26 Å². The summed E-state index contributed by atoms with van der Waals surface area (Å²) in [6.07, 6.45) is 1.29. The molecule has 0 bridgehead atoms. The van der Waals surface area contributed by atoms with E-state index in [2.05, 4.69) is 36.9 Å². The molecule has 90 valence electrons. The highest BCUT2D eigenvalue weighted by molar-refractivity contribution is 5.54. The zero-order valence-electron chi connectivity index (χ0n) is 10.9. The molecule has 2 heteroatoms. The van der Waals surface area contributed by atoms with E-state index in [-0.39, 0.29) is 0 Å². The zero-order valence-corrected chi connectivity index (χ0v) is 10.9. The first-order valence-corrected chi connectivity index (χ1v) is 6.37. The predicted molar refractivity (Wildman–Crippen MR) is 71.1 cm³/mol. The van der Waals surface area contributed by atoms with Crippen LogP contribution in [0.5, 0.6) is 0 Å². The normalized spacial score (nSPS) is 19.7. The van der Waals surface area contributed by atoms with Crippen molar-refractivity contribution in [3.8, 4) is 6.07 Å². The molecular formula is C15H20N2. The van der Waals surface area contributed by atoms with Crippen LogP contribution in [-0.4, -0.2) is 13.1 Å². The Kier molecular flexibility index (Phi) is 3.38. The summed E-state index contributed by atoms with van der Waals surface area (Å²) in [5.41, 5.74) is 3.14. The number of hydrogen-bond acceptors (Lipinski definition) is 2. The van der Waals surface area contributed by atoms with Gasteiger partial charge in [0.15, 0.2) is 0 Å². The van der Waals surface area contributed by atoms with E-state index >= 15 is 0 Å². The van der Waals surface area contributed by atoms with Crippen molar-refractivity contribution in [2.75, 3.05) is 18.0 Å². The van der Waals surface area contributed by atoms with E-state index in [1.54, 1.807) is 0 Å². The lowest BCUT2D eigenvalue weighted by atomic mass is 9.95. The molecular weight excluding hydrogens is 208 g/mol. The fourth-order valence-electron chi connectivity index (χ4n) is 2.54. The molecule has 0 radical (unpaired) electrons. The number of hydrogen-bond donors (Lipinski definition) is 0. The maximum absolute atomic E-state index is 8.93. The molecule has 2 rings (SSSR count). The van der Waals surface area contributed by atoms with E-state index in [0.29, 0.717) is 0 Å². The van der Waals surface area contributed by atoms with E-state index in [1.807, 2.05) is 13.0 Å². The summed E-state index contributed by atoms with van der Waals surface area (Å²) < 4.78 is 0. The number of anilines is 1. The summed E-state index contributed by atoms with van der Waals surface area (Å²) in [5, 5.41) is 8.93. The van der Waals surface area contributed by atoms with Crippen LogP contribution in [0.3, 0.4) is 0 Å². The molecule has 0 amide bonds. The van der Waals surface area contributed by atoms with Gasteiger partial charge in [0.05, 0.1) is 11.6 Å². The van der Waals surface area contributed by atoms with Gasteiger partial charge in [0, 0.05) is 18.8 Å².